The second-order valence-corrected chi connectivity index (χ2v) is 7.76. The highest BCUT2D eigenvalue weighted by molar-refractivity contribution is 5.98. The number of aromatic nitrogens is 3. The van der Waals surface area contributed by atoms with Crippen LogP contribution in [0.4, 0.5) is 0 Å². The van der Waals surface area contributed by atoms with Gasteiger partial charge in [0.25, 0.3) is 11.8 Å². The summed E-state index contributed by atoms with van der Waals surface area (Å²) in [7, 11) is 3.21. The lowest BCUT2D eigenvalue weighted by molar-refractivity contribution is 0.0669. The lowest BCUT2D eigenvalue weighted by atomic mass is 9.96. The molecule has 2 aromatic heterocycles. The Morgan fingerprint density at radius 1 is 1.25 bits per heavy atom. The van der Waals surface area contributed by atoms with Gasteiger partial charge in [-0.15, -0.1) is 0 Å². The van der Waals surface area contributed by atoms with E-state index in [-0.39, 0.29) is 23.5 Å². The summed E-state index contributed by atoms with van der Waals surface area (Å²) in [6.45, 7) is 3.13. The first-order chi connectivity index (χ1) is 15.5. The Kier molecular flexibility index (Phi) is 6.25. The topological polar surface area (TPSA) is 113 Å². The zero-order valence-corrected chi connectivity index (χ0v) is 18.5. The lowest BCUT2D eigenvalue weighted by Gasteiger charge is -2.30. The number of aryl methyl sites for hydroxylation is 1. The van der Waals surface area contributed by atoms with Crippen LogP contribution in [0.1, 0.15) is 58.2 Å². The summed E-state index contributed by atoms with van der Waals surface area (Å²) in [5, 5.41) is 6.58. The molecular formula is C23H27N5O4. The Morgan fingerprint density at radius 3 is 2.56 bits per heavy atom. The van der Waals surface area contributed by atoms with Crippen molar-refractivity contribution in [1.29, 1.82) is 0 Å². The number of aromatic amines is 1. The number of piperidine rings is 1. The zero-order chi connectivity index (χ0) is 22.7. The fourth-order valence-corrected chi connectivity index (χ4v) is 3.92. The Morgan fingerprint density at radius 2 is 1.97 bits per heavy atom. The third kappa shape index (κ3) is 4.23. The van der Waals surface area contributed by atoms with Crippen LogP contribution in [0.2, 0.25) is 0 Å². The zero-order valence-electron chi connectivity index (χ0n) is 18.5. The smallest absolute Gasteiger partial charge is 0.292 e. The number of methoxy groups -OCH3 is 1. The molecule has 3 aromatic rings. The lowest BCUT2D eigenvalue weighted by Crippen LogP contribution is -2.38. The summed E-state index contributed by atoms with van der Waals surface area (Å²) < 4.78 is 10.4. The van der Waals surface area contributed by atoms with E-state index in [1.807, 2.05) is 31.2 Å². The minimum absolute atomic E-state index is 0.121. The summed E-state index contributed by atoms with van der Waals surface area (Å²) in [6, 6.07) is 9.16. The van der Waals surface area contributed by atoms with Crippen LogP contribution in [-0.2, 0) is 6.42 Å². The molecule has 168 valence electrons. The molecule has 1 aromatic carbocycles. The van der Waals surface area contributed by atoms with E-state index in [4.69, 9.17) is 14.2 Å². The molecule has 1 aliphatic rings. The average Bonchev–Trinajstić information content (AvgIpc) is 3.51. The van der Waals surface area contributed by atoms with E-state index in [0.717, 1.165) is 42.1 Å². The number of hydrogen-bond donors (Lipinski definition) is 2. The molecule has 0 unspecified atom stereocenters. The molecule has 32 heavy (non-hydrogen) atoms. The van der Waals surface area contributed by atoms with Gasteiger partial charge in [0.15, 0.2) is 0 Å². The van der Waals surface area contributed by atoms with Crippen LogP contribution in [0.3, 0.4) is 0 Å². The van der Waals surface area contributed by atoms with Crippen LogP contribution in [-0.4, -0.2) is 59.1 Å². The van der Waals surface area contributed by atoms with Gasteiger partial charge in [0, 0.05) is 37.7 Å². The highest BCUT2D eigenvalue weighted by Gasteiger charge is 2.29. The minimum atomic E-state index is -0.223. The monoisotopic (exact) mass is 437 g/mol. The number of H-pyrrole nitrogens is 1. The maximum Gasteiger partial charge on any atom is 0.292 e. The third-order valence-electron chi connectivity index (χ3n) is 5.84. The molecule has 0 atom stereocenters. The molecule has 1 fully saturated rings. The highest BCUT2D eigenvalue weighted by Crippen LogP contribution is 2.31. The molecule has 0 aliphatic carbocycles. The van der Waals surface area contributed by atoms with Crippen LogP contribution in [0.15, 0.2) is 34.9 Å². The van der Waals surface area contributed by atoms with Gasteiger partial charge in [-0.2, -0.15) is 0 Å². The first-order valence-corrected chi connectivity index (χ1v) is 10.7. The fraction of sp³-hybridized carbons (Fsp3) is 0.391. The van der Waals surface area contributed by atoms with Crippen molar-refractivity contribution in [2.24, 2.45) is 0 Å². The number of hydrogen-bond acceptors (Lipinski definition) is 6. The molecule has 0 radical (unpaired) electrons. The van der Waals surface area contributed by atoms with Crippen LogP contribution in [0, 0.1) is 0 Å². The summed E-state index contributed by atoms with van der Waals surface area (Å²) in [5.41, 5.74) is 2.64. The number of ether oxygens (including phenoxy) is 1. The van der Waals surface area contributed by atoms with E-state index >= 15 is 0 Å². The molecular weight excluding hydrogens is 410 g/mol. The largest absolute Gasteiger partial charge is 0.497 e. The van der Waals surface area contributed by atoms with Gasteiger partial charge in [0.2, 0.25) is 5.76 Å². The van der Waals surface area contributed by atoms with Crippen LogP contribution >= 0.6 is 0 Å². The Labute approximate surface area is 186 Å². The Bertz CT molecular complexity index is 1090. The minimum Gasteiger partial charge on any atom is -0.497 e. The van der Waals surface area contributed by atoms with Crippen molar-refractivity contribution in [2.75, 3.05) is 27.2 Å². The van der Waals surface area contributed by atoms with E-state index in [1.54, 1.807) is 25.1 Å². The van der Waals surface area contributed by atoms with Gasteiger partial charge in [-0.05, 0) is 43.5 Å². The maximum atomic E-state index is 12.7. The van der Waals surface area contributed by atoms with Gasteiger partial charge < -0.3 is 24.5 Å². The van der Waals surface area contributed by atoms with Gasteiger partial charge in [-0.1, -0.05) is 12.1 Å². The van der Waals surface area contributed by atoms with Crippen LogP contribution in [0.5, 0.6) is 5.75 Å². The standard InChI is InChI=1S/C23H27N5O4/c1-4-16-13-18(32-27-16)23(30)28-11-9-15(10-12-28)21-25-19(20(26-21)22(29)24-2)14-5-7-17(31-3)8-6-14/h5-8,13,15H,4,9-12H2,1-3H3,(H,24,29)(H,25,26). The van der Waals surface area contributed by atoms with Crippen LogP contribution in [0.25, 0.3) is 11.3 Å². The van der Waals surface area contributed by atoms with Crippen molar-refractivity contribution in [2.45, 2.75) is 32.1 Å². The van der Waals surface area contributed by atoms with E-state index < -0.39 is 0 Å². The first-order valence-electron chi connectivity index (χ1n) is 10.7. The quantitative estimate of drug-likeness (QED) is 0.613. The van der Waals surface area contributed by atoms with Gasteiger partial charge >= 0.3 is 0 Å². The van der Waals surface area contributed by atoms with Crippen molar-refractivity contribution in [1.82, 2.24) is 25.3 Å². The van der Waals surface area contributed by atoms with Crippen LogP contribution < -0.4 is 10.1 Å². The molecule has 1 aliphatic heterocycles. The number of likely N-dealkylation sites (tertiary alicyclic amines) is 1. The molecule has 3 heterocycles. The normalized spacial score (nSPS) is 14.4. The van der Waals surface area contributed by atoms with Gasteiger partial charge in [0.05, 0.1) is 12.8 Å². The predicted molar refractivity (Wildman–Crippen MR) is 118 cm³/mol. The molecule has 2 amide bonds. The maximum absolute atomic E-state index is 12.7. The molecule has 9 nitrogen and oxygen atoms in total. The third-order valence-corrected chi connectivity index (χ3v) is 5.84. The second kappa shape index (κ2) is 9.25. The van der Waals surface area contributed by atoms with E-state index in [0.29, 0.717) is 24.5 Å². The number of amides is 2. The van der Waals surface area contributed by atoms with Gasteiger partial charge in [-0.25, -0.2) is 4.98 Å². The van der Waals surface area contributed by atoms with Crippen molar-refractivity contribution >= 4 is 11.8 Å². The molecule has 0 spiro atoms. The summed E-state index contributed by atoms with van der Waals surface area (Å²) in [5.74, 6) is 1.53. The summed E-state index contributed by atoms with van der Waals surface area (Å²) >= 11 is 0. The number of carbonyl (C=O) groups is 2. The second-order valence-electron chi connectivity index (χ2n) is 7.76. The number of rotatable bonds is 6. The van der Waals surface area contributed by atoms with Crippen molar-refractivity contribution in [3.05, 3.63) is 53.3 Å². The number of nitrogens with one attached hydrogen (secondary N) is 2. The van der Waals surface area contributed by atoms with E-state index in [2.05, 4.69) is 15.5 Å². The Balaban J connectivity index is 1.51. The average molecular weight is 438 g/mol. The summed E-state index contributed by atoms with van der Waals surface area (Å²) in [4.78, 5) is 35.0. The van der Waals surface area contributed by atoms with Gasteiger partial charge in [0.1, 0.15) is 23.0 Å². The van der Waals surface area contributed by atoms with Crippen molar-refractivity contribution in [3.8, 4) is 17.0 Å². The number of carbonyl (C=O) groups excluding carboxylic acids is 2. The fourth-order valence-electron chi connectivity index (χ4n) is 3.92. The first kappa shape index (κ1) is 21.6. The molecule has 0 bridgehead atoms. The van der Waals surface area contributed by atoms with Gasteiger partial charge in [-0.3, -0.25) is 9.59 Å². The van der Waals surface area contributed by atoms with Crippen molar-refractivity contribution < 1.29 is 18.8 Å². The SMILES string of the molecule is CCc1cc(C(=O)N2CCC(c3nc(-c4ccc(OC)cc4)c(C(=O)NC)[nH]3)CC2)on1. The molecule has 4 rings (SSSR count). The summed E-state index contributed by atoms with van der Waals surface area (Å²) in [6.07, 6.45) is 2.20. The number of imidazole rings is 1. The molecule has 9 heteroatoms. The van der Waals surface area contributed by atoms with Crippen molar-refractivity contribution in [3.63, 3.8) is 0 Å². The van der Waals surface area contributed by atoms with E-state index in [9.17, 15) is 9.59 Å². The molecule has 2 N–H and O–H groups in total. The predicted octanol–water partition coefficient (Wildman–Crippen LogP) is 3.02. The molecule has 0 saturated carbocycles. The number of nitrogens with zero attached hydrogens (tertiary/aromatic N) is 3. The highest BCUT2D eigenvalue weighted by atomic mass is 16.5. The molecule has 1 saturated heterocycles. The van der Waals surface area contributed by atoms with E-state index in [1.165, 1.54) is 0 Å². The number of benzene rings is 1. The Hall–Kier alpha value is -3.62.